The summed E-state index contributed by atoms with van der Waals surface area (Å²) in [5, 5.41) is 3.76. The van der Waals surface area contributed by atoms with E-state index in [0.29, 0.717) is 11.8 Å². The Balaban J connectivity index is 1.81. The van der Waals surface area contributed by atoms with Gasteiger partial charge in [0.2, 0.25) is 0 Å². The minimum Gasteiger partial charge on any atom is -0.497 e. The van der Waals surface area contributed by atoms with Crippen molar-refractivity contribution in [3.05, 3.63) is 63.2 Å². The van der Waals surface area contributed by atoms with E-state index in [1.165, 1.54) is 20.4 Å². The first-order chi connectivity index (χ1) is 11.7. The monoisotopic (exact) mass is 433 g/mol. The lowest BCUT2D eigenvalue weighted by atomic mass is 9.77. The minimum atomic E-state index is 0.211. The molecule has 2 aromatic carbocycles. The van der Waals surface area contributed by atoms with Crippen molar-refractivity contribution in [2.75, 3.05) is 19.5 Å². The Morgan fingerprint density at radius 3 is 2.71 bits per heavy atom. The third kappa shape index (κ3) is 2.57. The van der Waals surface area contributed by atoms with Crippen LogP contribution in [0.1, 0.15) is 29.5 Å². The fourth-order valence-corrected chi connectivity index (χ4v) is 4.47. The van der Waals surface area contributed by atoms with Gasteiger partial charge in [-0.15, -0.1) is 0 Å². The number of ether oxygens (including phenoxy) is 2. The molecule has 1 aliphatic heterocycles. The van der Waals surface area contributed by atoms with Gasteiger partial charge in [-0.25, -0.2) is 0 Å². The summed E-state index contributed by atoms with van der Waals surface area (Å²) in [7, 11) is 3.44. The normalized spacial score (nSPS) is 24.0. The van der Waals surface area contributed by atoms with E-state index in [0.717, 1.165) is 17.9 Å². The molecule has 0 saturated carbocycles. The van der Waals surface area contributed by atoms with Gasteiger partial charge in [-0.2, -0.15) is 0 Å². The third-order valence-electron chi connectivity index (χ3n) is 5.10. The summed E-state index contributed by atoms with van der Waals surface area (Å²) in [5.74, 6) is 2.73. The molecule has 4 rings (SSSR count). The Labute approximate surface area is 156 Å². The Morgan fingerprint density at radius 1 is 1.04 bits per heavy atom. The van der Waals surface area contributed by atoms with Crippen molar-refractivity contribution in [3.8, 4) is 11.5 Å². The lowest BCUT2D eigenvalue weighted by Crippen LogP contribution is -2.29. The maximum atomic E-state index is 5.64. The number of rotatable bonds is 3. The number of benzene rings is 2. The van der Waals surface area contributed by atoms with Crippen molar-refractivity contribution < 1.29 is 9.47 Å². The third-order valence-corrected chi connectivity index (χ3v) is 5.77. The van der Waals surface area contributed by atoms with Gasteiger partial charge in [0, 0.05) is 20.7 Å². The van der Waals surface area contributed by atoms with Crippen LogP contribution in [0.3, 0.4) is 0 Å². The van der Waals surface area contributed by atoms with E-state index in [1.54, 1.807) is 14.2 Å². The predicted octanol–water partition coefficient (Wildman–Crippen LogP) is 5.13. The molecule has 1 N–H and O–H groups in total. The second-order valence-electron chi connectivity index (χ2n) is 6.31. The highest BCUT2D eigenvalue weighted by Crippen LogP contribution is 2.51. The summed E-state index contributed by atoms with van der Waals surface area (Å²) in [5.41, 5.74) is 3.79. The molecule has 24 heavy (non-hydrogen) atoms. The molecule has 1 heterocycles. The molecule has 0 unspecified atom stereocenters. The van der Waals surface area contributed by atoms with E-state index < -0.39 is 0 Å². The van der Waals surface area contributed by atoms with Crippen molar-refractivity contribution in [1.82, 2.24) is 0 Å². The SMILES string of the molecule is COc1ccc(OC)c([C@H]2Nc3ccc(I)cc3[C@@H]3C=CC[C@H]23)c1. The molecule has 2 aromatic rings. The van der Waals surface area contributed by atoms with E-state index in [-0.39, 0.29) is 6.04 Å². The Morgan fingerprint density at radius 2 is 1.92 bits per heavy atom. The summed E-state index contributed by atoms with van der Waals surface area (Å²) < 4.78 is 12.4. The van der Waals surface area contributed by atoms with Crippen LogP contribution in [0, 0.1) is 9.49 Å². The molecule has 1 aliphatic carbocycles. The first-order valence-electron chi connectivity index (χ1n) is 8.16. The Hall–Kier alpha value is -1.69. The molecule has 3 nitrogen and oxygen atoms in total. The number of methoxy groups -OCH3 is 2. The summed E-state index contributed by atoms with van der Waals surface area (Å²) in [6.45, 7) is 0. The molecule has 2 aliphatic rings. The molecule has 4 heteroatoms. The zero-order chi connectivity index (χ0) is 16.7. The van der Waals surface area contributed by atoms with E-state index in [2.05, 4.69) is 64.3 Å². The van der Waals surface area contributed by atoms with Crippen molar-refractivity contribution >= 4 is 28.3 Å². The molecule has 0 spiro atoms. The number of fused-ring (bicyclic) bond motifs is 3. The van der Waals surface area contributed by atoms with Crippen LogP contribution in [-0.4, -0.2) is 14.2 Å². The maximum absolute atomic E-state index is 5.64. The van der Waals surface area contributed by atoms with Gasteiger partial charge in [-0.3, -0.25) is 0 Å². The number of anilines is 1. The van der Waals surface area contributed by atoms with Gasteiger partial charge < -0.3 is 14.8 Å². The molecule has 124 valence electrons. The van der Waals surface area contributed by atoms with Gasteiger partial charge in [0.25, 0.3) is 0 Å². The van der Waals surface area contributed by atoms with Crippen LogP contribution in [0.4, 0.5) is 5.69 Å². The number of nitrogens with one attached hydrogen (secondary N) is 1. The van der Waals surface area contributed by atoms with Crippen LogP contribution >= 0.6 is 22.6 Å². The van der Waals surface area contributed by atoms with Crippen molar-refractivity contribution in [1.29, 1.82) is 0 Å². The van der Waals surface area contributed by atoms with E-state index in [1.807, 2.05) is 12.1 Å². The summed E-state index contributed by atoms with van der Waals surface area (Å²) in [4.78, 5) is 0. The summed E-state index contributed by atoms with van der Waals surface area (Å²) in [6, 6.07) is 12.9. The van der Waals surface area contributed by atoms with E-state index in [4.69, 9.17) is 9.47 Å². The molecule has 0 radical (unpaired) electrons. The first kappa shape index (κ1) is 15.8. The van der Waals surface area contributed by atoms with E-state index in [9.17, 15) is 0 Å². The summed E-state index contributed by atoms with van der Waals surface area (Å²) in [6.07, 6.45) is 5.75. The highest BCUT2D eigenvalue weighted by molar-refractivity contribution is 14.1. The molecule has 0 aromatic heterocycles. The fourth-order valence-electron chi connectivity index (χ4n) is 3.96. The quantitative estimate of drug-likeness (QED) is 0.538. The van der Waals surface area contributed by atoms with Crippen LogP contribution in [0.2, 0.25) is 0 Å². The second kappa shape index (κ2) is 6.31. The van der Waals surface area contributed by atoms with Gasteiger partial charge in [-0.1, -0.05) is 12.2 Å². The van der Waals surface area contributed by atoms with Crippen molar-refractivity contribution in [3.63, 3.8) is 0 Å². The van der Waals surface area contributed by atoms with Gasteiger partial charge in [0.05, 0.1) is 20.3 Å². The van der Waals surface area contributed by atoms with Crippen LogP contribution in [-0.2, 0) is 0 Å². The summed E-state index contributed by atoms with van der Waals surface area (Å²) >= 11 is 2.39. The number of halogens is 1. The average molecular weight is 433 g/mol. The zero-order valence-electron chi connectivity index (χ0n) is 13.8. The largest absolute Gasteiger partial charge is 0.497 e. The van der Waals surface area contributed by atoms with Crippen LogP contribution in [0.5, 0.6) is 11.5 Å². The lowest BCUT2D eigenvalue weighted by Gasteiger charge is -2.38. The predicted molar refractivity (Wildman–Crippen MR) is 105 cm³/mol. The van der Waals surface area contributed by atoms with Gasteiger partial charge in [0.15, 0.2) is 0 Å². The number of hydrogen-bond acceptors (Lipinski definition) is 3. The second-order valence-corrected chi connectivity index (χ2v) is 7.56. The number of allylic oxidation sites excluding steroid dienone is 2. The Kier molecular flexibility index (Phi) is 4.16. The molecule has 3 atom stereocenters. The van der Waals surface area contributed by atoms with E-state index >= 15 is 0 Å². The molecule has 0 bridgehead atoms. The van der Waals surface area contributed by atoms with Crippen LogP contribution < -0.4 is 14.8 Å². The highest BCUT2D eigenvalue weighted by Gasteiger charge is 2.39. The maximum Gasteiger partial charge on any atom is 0.124 e. The van der Waals surface area contributed by atoms with Gasteiger partial charge >= 0.3 is 0 Å². The van der Waals surface area contributed by atoms with Gasteiger partial charge in [0.1, 0.15) is 11.5 Å². The molecular weight excluding hydrogens is 413 g/mol. The standard InChI is InChI=1S/C20H20INO2/c1-23-13-7-9-19(24-2)17(11-13)20-15-5-3-4-14(15)16-10-12(21)6-8-18(16)22-20/h3-4,6-11,14-15,20,22H,5H2,1-2H3/t14-,15+,20+/m1/s1. The Bertz CT molecular complexity index is 802. The molecule has 0 saturated heterocycles. The first-order valence-corrected chi connectivity index (χ1v) is 9.23. The molecular formula is C20H20INO2. The molecule has 0 fully saturated rings. The zero-order valence-corrected chi connectivity index (χ0v) is 15.9. The molecule has 0 amide bonds. The van der Waals surface area contributed by atoms with Crippen LogP contribution in [0.15, 0.2) is 48.6 Å². The van der Waals surface area contributed by atoms with Crippen molar-refractivity contribution in [2.24, 2.45) is 5.92 Å². The minimum absolute atomic E-state index is 0.211. The van der Waals surface area contributed by atoms with Crippen molar-refractivity contribution in [2.45, 2.75) is 18.4 Å². The number of hydrogen-bond donors (Lipinski definition) is 1. The van der Waals surface area contributed by atoms with Crippen LogP contribution in [0.25, 0.3) is 0 Å². The van der Waals surface area contributed by atoms with Gasteiger partial charge in [-0.05, 0) is 76.9 Å². The smallest absolute Gasteiger partial charge is 0.124 e. The lowest BCUT2D eigenvalue weighted by molar-refractivity contribution is 0.374. The highest BCUT2D eigenvalue weighted by atomic mass is 127. The average Bonchev–Trinajstić information content (AvgIpc) is 3.10. The fraction of sp³-hybridized carbons (Fsp3) is 0.300. The topological polar surface area (TPSA) is 30.5 Å².